The second-order valence-corrected chi connectivity index (χ2v) is 7.53. The summed E-state index contributed by atoms with van der Waals surface area (Å²) in [7, 11) is 0. The molecule has 30 heavy (non-hydrogen) atoms. The highest BCUT2D eigenvalue weighted by Crippen LogP contribution is 2.23. The van der Waals surface area contributed by atoms with Gasteiger partial charge in [0.25, 0.3) is 5.91 Å². The normalized spacial score (nSPS) is 11.3. The molecule has 2 heterocycles. The fourth-order valence-electron chi connectivity index (χ4n) is 2.81. The second kappa shape index (κ2) is 9.19. The van der Waals surface area contributed by atoms with Crippen LogP contribution in [0.1, 0.15) is 27.9 Å². The van der Waals surface area contributed by atoms with Crippen molar-refractivity contribution < 1.29 is 9.53 Å². The molecule has 0 fully saturated rings. The van der Waals surface area contributed by atoms with Crippen LogP contribution < -0.4 is 10.2 Å². The molecule has 0 aliphatic rings. The van der Waals surface area contributed by atoms with Crippen LogP contribution in [0.2, 0.25) is 0 Å². The van der Waals surface area contributed by atoms with Gasteiger partial charge in [0.1, 0.15) is 18.1 Å². The van der Waals surface area contributed by atoms with Gasteiger partial charge in [0.15, 0.2) is 0 Å². The average molecular weight is 417 g/mol. The number of carbonyl (C=O) groups is 1. The van der Waals surface area contributed by atoms with Crippen molar-refractivity contribution >= 4 is 23.0 Å². The fraction of sp³-hybridized carbons (Fsp3) is 0.0870. The lowest BCUT2D eigenvalue weighted by molar-refractivity contribution is 0.0950. The zero-order valence-electron chi connectivity index (χ0n) is 16.3. The molecule has 0 atom stereocenters. The van der Waals surface area contributed by atoms with E-state index in [0.717, 1.165) is 27.5 Å². The molecular formula is C23H20N4O2S. The molecule has 0 aliphatic carbocycles. The first-order valence-corrected chi connectivity index (χ1v) is 10.3. The molecule has 2 aromatic carbocycles. The molecule has 0 spiro atoms. The third kappa shape index (κ3) is 4.82. The number of benzene rings is 2. The molecule has 2 N–H and O–H groups in total. The van der Waals surface area contributed by atoms with Gasteiger partial charge in [0.2, 0.25) is 0 Å². The molecule has 0 saturated carbocycles. The van der Waals surface area contributed by atoms with Crippen molar-refractivity contribution in [3.63, 3.8) is 0 Å². The maximum atomic E-state index is 12.4. The van der Waals surface area contributed by atoms with E-state index in [-0.39, 0.29) is 5.91 Å². The molecule has 150 valence electrons. The minimum Gasteiger partial charge on any atom is -0.489 e. The van der Waals surface area contributed by atoms with Crippen molar-refractivity contribution in [2.45, 2.75) is 13.5 Å². The molecular weight excluding hydrogens is 396 g/mol. The number of hydrogen-bond donors (Lipinski definition) is 2. The lowest BCUT2D eigenvalue weighted by Crippen LogP contribution is -2.19. The highest BCUT2D eigenvalue weighted by Gasteiger charge is 2.11. The van der Waals surface area contributed by atoms with Crippen LogP contribution in [0.15, 0.2) is 83.3 Å². The Hall–Kier alpha value is -3.71. The predicted octanol–water partition coefficient (Wildman–Crippen LogP) is 4.87. The summed E-state index contributed by atoms with van der Waals surface area (Å²) in [5.74, 6) is 0.391. The van der Waals surface area contributed by atoms with Crippen LogP contribution >= 0.6 is 11.3 Å². The van der Waals surface area contributed by atoms with Crippen LogP contribution in [0, 0.1) is 0 Å². The Morgan fingerprint density at radius 1 is 1.10 bits per heavy atom. The number of carbonyl (C=O) groups excluding carboxylic acids is 1. The Bertz CT molecular complexity index is 1150. The van der Waals surface area contributed by atoms with Gasteiger partial charge in [-0.05, 0) is 42.1 Å². The summed E-state index contributed by atoms with van der Waals surface area (Å²) < 4.78 is 5.87. The van der Waals surface area contributed by atoms with E-state index in [4.69, 9.17) is 4.74 Å². The summed E-state index contributed by atoms with van der Waals surface area (Å²) in [6.07, 6.45) is 0. The van der Waals surface area contributed by atoms with Gasteiger partial charge in [-0.3, -0.25) is 9.89 Å². The fourth-order valence-corrected chi connectivity index (χ4v) is 3.48. The number of nitrogens with one attached hydrogen (secondary N) is 2. The minimum atomic E-state index is -0.346. The van der Waals surface area contributed by atoms with Gasteiger partial charge >= 0.3 is 0 Å². The summed E-state index contributed by atoms with van der Waals surface area (Å²) in [5, 5.41) is 13.1. The van der Waals surface area contributed by atoms with Crippen molar-refractivity contribution in [1.29, 1.82) is 0 Å². The number of hydrogen-bond acceptors (Lipinski definition) is 5. The van der Waals surface area contributed by atoms with Crippen LogP contribution in [0.5, 0.6) is 5.75 Å². The predicted molar refractivity (Wildman–Crippen MR) is 119 cm³/mol. The van der Waals surface area contributed by atoms with Gasteiger partial charge in [-0.1, -0.05) is 48.5 Å². The van der Waals surface area contributed by atoms with E-state index in [0.29, 0.717) is 18.0 Å². The van der Waals surface area contributed by atoms with Gasteiger partial charge < -0.3 is 4.74 Å². The SMILES string of the molecule is C/C(=N/NC(=O)c1cc(-c2cccc(OCc3ccccc3)c2)n[nH]1)c1cccs1. The summed E-state index contributed by atoms with van der Waals surface area (Å²) in [4.78, 5) is 13.4. The number of nitrogens with zero attached hydrogens (tertiary/aromatic N) is 2. The number of hydrazone groups is 1. The molecule has 6 nitrogen and oxygen atoms in total. The number of amides is 1. The average Bonchev–Trinajstić information content (AvgIpc) is 3.49. The standard InChI is InChI=1S/C23H20N4O2S/c1-16(22-11-6-12-30-22)24-27-23(28)21-14-20(25-26-21)18-9-5-10-19(13-18)29-15-17-7-3-2-4-8-17/h2-14H,15H2,1H3,(H,25,26)(H,27,28)/b24-16-. The van der Waals surface area contributed by atoms with Crippen LogP contribution in [-0.4, -0.2) is 21.8 Å². The van der Waals surface area contributed by atoms with Gasteiger partial charge in [0.05, 0.1) is 11.4 Å². The Kier molecular flexibility index (Phi) is 6.01. The Labute approximate surface area is 178 Å². The molecule has 1 amide bonds. The smallest absolute Gasteiger partial charge is 0.289 e. The molecule has 0 unspecified atom stereocenters. The van der Waals surface area contributed by atoms with Crippen molar-refractivity contribution in [1.82, 2.24) is 15.6 Å². The third-order valence-electron chi connectivity index (χ3n) is 4.40. The molecule has 4 aromatic rings. The topological polar surface area (TPSA) is 79.4 Å². The van der Waals surface area contributed by atoms with E-state index in [1.165, 1.54) is 0 Å². The Morgan fingerprint density at radius 2 is 1.97 bits per heavy atom. The second-order valence-electron chi connectivity index (χ2n) is 6.58. The van der Waals surface area contributed by atoms with Crippen molar-refractivity contribution in [2.24, 2.45) is 5.10 Å². The number of rotatable bonds is 7. The molecule has 0 bridgehead atoms. The zero-order valence-corrected chi connectivity index (χ0v) is 17.1. The summed E-state index contributed by atoms with van der Waals surface area (Å²) in [6.45, 7) is 2.34. The van der Waals surface area contributed by atoms with Crippen molar-refractivity contribution in [2.75, 3.05) is 0 Å². The summed E-state index contributed by atoms with van der Waals surface area (Å²) >= 11 is 1.57. The molecule has 0 aliphatic heterocycles. The molecule has 0 saturated heterocycles. The lowest BCUT2D eigenvalue weighted by atomic mass is 10.1. The maximum absolute atomic E-state index is 12.4. The molecule has 7 heteroatoms. The molecule has 4 rings (SSSR count). The monoisotopic (exact) mass is 416 g/mol. The van der Waals surface area contributed by atoms with Gasteiger partial charge in [-0.15, -0.1) is 11.3 Å². The summed E-state index contributed by atoms with van der Waals surface area (Å²) in [5.41, 5.74) is 6.26. The van der Waals surface area contributed by atoms with Gasteiger partial charge in [0, 0.05) is 10.4 Å². The van der Waals surface area contributed by atoms with E-state index in [9.17, 15) is 4.79 Å². The van der Waals surface area contributed by atoms with Crippen LogP contribution in [-0.2, 0) is 6.61 Å². The Balaban J connectivity index is 1.42. The van der Waals surface area contributed by atoms with E-state index >= 15 is 0 Å². The number of ether oxygens (including phenoxy) is 1. The first kappa shape index (κ1) is 19.6. The minimum absolute atomic E-state index is 0.336. The number of thiophene rings is 1. The van der Waals surface area contributed by atoms with E-state index in [1.807, 2.05) is 79.0 Å². The Morgan fingerprint density at radius 3 is 2.77 bits per heavy atom. The lowest BCUT2D eigenvalue weighted by Gasteiger charge is -2.07. The maximum Gasteiger partial charge on any atom is 0.289 e. The molecule has 0 radical (unpaired) electrons. The highest BCUT2D eigenvalue weighted by molar-refractivity contribution is 7.12. The van der Waals surface area contributed by atoms with E-state index < -0.39 is 0 Å². The van der Waals surface area contributed by atoms with E-state index in [2.05, 4.69) is 20.7 Å². The van der Waals surface area contributed by atoms with Crippen LogP contribution in [0.25, 0.3) is 11.3 Å². The van der Waals surface area contributed by atoms with Crippen molar-refractivity contribution in [3.8, 4) is 17.0 Å². The number of H-pyrrole nitrogens is 1. The third-order valence-corrected chi connectivity index (χ3v) is 5.38. The zero-order chi connectivity index (χ0) is 20.8. The van der Waals surface area contributed by atoms with Crippen molar-refractivity contribution in [3.05, 3.63) is 94.3 Å². The number of aromatic nitrogens is 2. The number of aromatic amines is 1. The quantitative estimate of drug-likeness (QED) is 0.333. The highest BCUT2D eigenvalue weighted by atomic mass is 32.1. The van der Waals surface area contributed by atoms with E-state index in [1.54, 1.807) is 17.4 Å². The van der Waals surface area contributed by atoms with Gasteiger partial charge in [-0.2, -0.15) is 10.2 Å². The first-order chi connectivity index (χ1) is 14.7. The first-order valence-electron chi connectivity index (χ1n) is 9.40. The largest absolute Gasteiger partial charge is 0.489 e. The summed E-state index contributed by atoms with van der Waals surface area (Å²) in [6, 6.07) is 23.2. The van der Waals surface area contributed by atoms with Gasteiger partial charge in [-0.25, -0.2) is 5.43 Å². The molecule has 2 aromatic heterocycles. The van der Waals surface area contributed by atoms with Crippen LogP contribution in [0.3, 0.4) is 0 Å². The van der Waals surface area contributed by atoms with Crippen LogP contribution in [0.4, 0.5) is 0 Å².